The number of amides is 1. The topological polar surface area (TPSA) is 84.6 Å². The number of carbonyl (C=O) groups is 1. The Morgan fingerprint density at radius 3 is 2.50 bits per heavy atom. The number of nitrogens with one attached hydrogen (secondary N) is 1. The molecule has 0 spiro atoms. The molecule has 5 nitrogen and oxygen atoms in total. The van der Waals surface area contributed by atoms with E-state index in [0.29, 0.717) is 6.54 Å². The second-order valence-electron chi connectivity index (χ2n) is 4.36. The lowest BCUT2D eigenvalue weighted by Gasteiger charge is -2.11. The van der Waals surface area contributed by atoms with Gasteiger partial charge in [-0.3, -0.25) is 4.79 Å². The van der Waals surface area contributed by atoms with Crippen LogP contribution in [0.4, 0.5) is 0 Å². The number of ether oxygens (including phenoxy) is 1. The summed E-state index contributed by atoms with van der Waals surface area (Å²) in [6.45, 7) is 4.66. The van der Waals surface area contributed by atoms with Crippen molar-refractivity contribution in [3.8, 4) is 5.75 Å². The summed E-state index contributed by atoms with van der Waals surface area (Å²) in [5, 5.41) is 12.1. The summed E-state index contributed by atoms with van der Waals surface area (Å²) in [6, 6.07) is 7.64. The number of primary amides is 1. The maximum Gasteiger partial charge on any atom is 0.247 e. The lowest BCUT2D eigenvalue weighted by atomic mass is 10.2. The van der Waals surface area contributed by atoms with Crippen molar-refractivity contribution in [3.05, 3.63) is 29.8 Å². The summed E-state index contributed by atoms with van der Waals surface area (Å²) < 4.78 is 5.52. The highest BCUT2D eigenvalue weighted by molar-refractivity contribution is 5.78. The van der Waals surface area contributed by atoms with Crippen molar-refractivity contribution in [1.29, 1.82) is 0 Å². The van der Waals surface area contributed by atoms with E-state index in [1.165, 1.54) is 0 Å². The third-order valence-electron chi connectivity index (χ3n) is 2.29. The molecule has 0 saturated carbocycles. The molecule has 0 fully saturated rings. The van der Waals surface area contributed by atoms with E-state index in [0.717, 1.165) is 11.3 Å². The van der Waals surface area contributed by atoms with Crippen LogP contribution in [0, 0.1) is 0 Å². The van der Waals surface area contributed by atoms with Gasteiger partial charge in [0.1, 0.15) is 11.9 Å². The van der Waals surface area contributed by atoms with Crippen molar-refractivity contribution in [2.45, 2.75) is 32.6 Å². The van der Waals surface area contributed by atoms with E-state index in [1.807, 2.05) is 38.1 Å². The standard InChI is InChI=1S/C13H20N2O3/c1-9(2)18-11-5-3-10(4-6-11)7-15-8-12(16)13(14)17/h3-6,9,12,15-16H,7-8H2,1-2H3,(H2,14,17). The van der Waals surface area contributed by atoms with Gasteiger partial charge in [0.2, 0.25) is 5.91 Å². The van der Waals surface area contributed by atoms with Crippen LogP contribution in [0.5, 0.6) is 5.75 Å². The summed E-state index contributed by atoms with van der Waals surface area (Å²) >= 11 is 0. The summed E-state index contributed by atoms with van der Waals surface area (Å²) in [5.74, 6) is 0.106. The largest absolute Gasteiger partial charge is 0.491 e. The molecule has 1 atom stereocenters. The summed E-state index contributed by atoms with van der Waals surface area (Å²) in [5.41, 5.74) is 5.98. The van der Waals surface area contributed by atoms with Crippen LogP contribution >= 0.6 is 0 Å². The zero-order chi connectivity index (χ0) is 13.5. The molecule has 1 amide bonds. The van der Waals surface area contributed by atoms with Crippen LogP contribution in [-0.2, 0) is 11.3 Å². The number of aliphatic hydroxyl groups excluding tert-OH is 1. The number of carbonyl (C=O) groups excluding carboxylic acids is 1. The van der Waals surface area contributed by atoms with E-state index in [-0.39, 0.29) is 12.6 Å². The summed E-state index contributed by atoms with van der Waals surface area (Å²) in [6.07, 6.45) is -0.992. The maximum absolute atomic E-state index is 10.6. The minimum absolute atomic E-state index is 0.152. The van der Waals surface area contributed by atoms with Crippen LogP contribution in [-0.4, -0.2) is 29.8 Å². The molecule has 100 valence electrons. The first-order chi connectivity index (χ1) is 8.49. The number of rotatable bonds is 7. The minimum atomic E-state index is -1.14. The second-order valence-corrected chi connectivity index (χ2v) is 4.36. The molecule has 1 unspecified atom stereocenters. The Morgan fingerprint density at radius 1 is 1.39 bits per heavy atom. The number of nitrogens with two attached hydrogens (primary N) is 1. The summed E-state index contributed by atoms with van der Waals surface area (Å²) in [4.78, 5) is 10.6. The Bertz CT molecular complexity index is 376. The van der Waals surface area contributed by atoms with E-state index in [9.17, 15) is 9.90 Å². The van der Waals surface area contributed by atoms with Crippen LogP contribution < -0.4 is 15.8 Å². The van der Waals surface area contributed by atoms with Crippen molar-refractivity contribution in [1.82, 2.24) is 5.32 Å². The van der Waals surface area contributed by atoms with Crippen molar-refractivity contribution in [2.75, 3.05) is 6.54 Å². The zero-order valence-electron chi connectivity index (χ0n) is 10.7. The Kier molecular flexibility index (Phi) is 5.61. The van der Waals surface area contributed by atoms with Crippen molar-refractivity contribution in [2.24, 2.45) is 5.73 Å². The monoisotopic (exact) mass is 252 g/mol. The van der Waals surface area contributed by atoms with Crippen molar-refractivity contribution < 1.29 is 14.6 Å². The number of hydrogen-bond acceptors (Lipinski definition) is 4. The molecule has 0 aliphatic carbocycles. The quantitative estimate of drug-likeness (QED) is 0.656. The second kappa shape index (κ2) is 6.98. The average Bonchev–Trinajstić information content (AvgIpc) is 2.30. The van der Waals surface area contributed by atoms with Crippen LogP contribution in [0.25, 0.3) is 0 Å². The Morgan fingerprint density at radius 2 is 2.00 bits per heavy atom. The number of aliphatic hydroxyl groups is 1. The Balaban J connectivity index is 2.37. The molecule has 4 N–H and O–H groups in total. The first-order valence-electron chi connectivity index (χ1n) is 5.92. The zero-order valence-corrected chi connectivity index (χ0v) is 10.7. The van der Waals surface area contributed by atoms with E-state index < -0.39 is 12.0 Å². The summed E-state index contributed by atoms with van der Waals surface area (Å²) in [7, 11) is 0. The lowest BCUT2D eigenvalue weighted by molar-refractivity contribution is -0.125. The van der Waals surface area contributed by atoms with Crippen LogP contribution in [0.2, 0.25) is 0 Å². The molecule has 0 heterocycles. The Hall–Kier alpha value is -1.59. The van der Waals surface area contributed by atoms with Gasteiger partial charge in [-0.25, -0.2) is 0 Å². The van der Waals surface area contributed by atoms with Crippen LogP contribution in [0.15, 0.2) is 24.3 Å². The normalized spacial score (nSPS) is 12.4. The molecule has 0 aromatic heterocycles. The molecule has 5 heteroatoms. The highest BCUT2D eigenvalue weighted by Gasteiger charge is 2.09. The van der Waals surface area contributed by atoms with Gasteiger partial charge in [-0.1, -0.05) is 12.1 Å². The van der Waals surface area contributed by atoms with Crippen LogP contribution in [0.1, 0.15) is 19.4 Å². The SMILES string of the molecule is CC(C)Oc1ccc(CNCC(O)C(N)=O)cc1. The molecule has 0 saturated heterocycles. The van der Waals surface area contributed by atoms with Gasteiger partial charge in [-0.15, -0.1) is 0 Å². The predicted molar refractivity (Wildman–Crippen MR) is 69.1 cm³/mol. The molecular formula is C13H20N2O3. The fourth-order valence-corrected chi connectivity index (χ4v) is 1.41. The van der Waals surface area contributed by atoms with Gasteiger partial charge in [0.05, 0.1) is 6.10 Å². The fraction of sp³-hybridized carbons (Fsp3) is 0.462. The predicted octanol–water partition coefficient (Wildman–Crippen LogP) is 0.410. The van der Waals surface area contributed by atoms with Gasteiger partial charge in [-0.05, 0) is 31.5 Å². The molecular weight excluding hydrogens is 232 g/mol. The average molecular weight is 252 g/mol. The van der Waals surface area contributed by atoms with Crippen molar-refractivity contribution in [3.63, 3.8) is 0 Å². The van der Waals surface area contributed by atoms with Crippen LogP contribution in [0.3, 0.4) is 0 Å². The third-order valence-corrected chi connectivity index (χ3v) is 2.29. The molecule has 1 aromatic carbocycles. The first kappa shape index (κ1) is 14.5. The van der Waals surface area contributed by atoms with Gasteiger partial charge in [-0.2, -0.15) is 0 Å². The Labute approximate surface area is 107 Å². The third kappa shape index (κ3) is 5.16. The van der Waals surface area contributed by atoms with Gasteiger partial charge in [0.25, 0.3) is 0 Å². The highest BCUT2D eigenvalue weighted by Crippen LogP contribution is 2.13. The van der Waals surface area contributed by atoms with E-state index >= 15 is 0 Å². The van der Waals surface area contributed by atoms with Crippen molar-refractivity contribution >= 4 is 5.91 Å². The van der Waals surface area contributed by atoms with E-state index in [2.05, 4.69) is 5.32 Å². The molecule has 18 heavy (non-hydrogen) atoms. The maximum atomic E-state index is 10.6. The lowest BCUT2D eigenvalue weighted by Crippen LogP contribution is -2.37. The van der Waals surface area contributed by atoms with Gasteiger partial charge >= 0.3 is 0 Å². The van der Waals surface area contributed by atoms with Gasteiger partial charge in [0.15, 0.2) is 0 Å². The molecule has 0 aliphatic rings. The molecule has 1 rings (SSSR count). The number of hydrogen-bond donors (Lipinski definition) is 3. The molecule has 0 aliphatic heterocycles. The van der Waals surface area contributed by atoms with E-state index in [1.54, 1.807) is 0 Å². The van der Waals surface area contributed by atoms with Gasteiger partial charge < -0.3 is 20.9 Å². The first-order valence-corrected chi connectivity index (χ1v) is 5.92. The molecule has 0 bridgehead atoms. The fourth-order valence-electron chi connectivity index (χ4n) is 1.41. The van der Waals surface area contributed by atoms with E-state index in [4.69, 9.17) is 10.5 Å². The smallest absolute Gasteiger partial charge is 0.247 e. The molecule has 0 radical (unpaired) electrons. The molecule has 1 aromatic rings. The highest BCUT2D eigenvalue weighted by atomic mass is 16.5. The van der Waals surface area contributed by atoms with Gasteiger partial charge in [0, 0.05) is 13.1 Å². The minimum Gasteiger partial charge on any atom is -0.491 e. The number of benzene rings is 1.